The molecule has 0 radical (unpaired) electrons. The molecule has 4 aromatic rings. The first-order chi connectivity index (χ1) is 18.8. The Hall–Kier alpha value is -4.56. The lowest BCUT2D eigenvalue weighted by atomic mass is 9.80. The molecule has 11 heteroatoms. The van der Waals surface area contributed by atoms with E-state index in [4.69, 9.17) is 0 Å². The van der Waals surface area contributed by atoms with Crippen molar-refractivity contribution in [2.75, 3.05) is 29.9 Å². The molecule has 1 aromatic carbocycles. The highest BCUT2D eigenvalue weighted by Gasteiger charge is 2.37. The predicted molar refractivity (Wildman–Crippen MR) is 151 cm³/mol. The third-order valence-corrected chi connectivity index (χ3v) is 7.71. The van der Waals surface area contributed by atoms with Crippen molar-refractivity contribution < 1.29 is 14.7 Å². The van der Waals surface area contributed by atoms with Crippen LogP contribution < -0.4 is 15.5 Å². The summed E-state index contributed by atoms with van der Waals surface area (Å²) in [6.07, 6.45) is 8.00. The van der Waals surface area contributed by atoms with Gasteiger partial charge >= 0.3 is 12.0 Å². The number of thiazole rings is 1. The molecule has 39 heavy (non-hydrogen) atoms. The zero-order chi connectivity index (χ0) is 27.4. The number of carboxylic acids is 1. The topological polar surface area (TPSA) is 133 Å². The molecule has 198 valence electrons. The monoisotopic (exact) mass is 541 g/mol. The van der Waals surface area contributed by atoms with Gasteiger partial charge in [-0.05, 0) is 56.5 Å². The number of hydrogen-bond donors (Lipinski definition) is 3. The molecule has 3 N–H and O–H groups in total. The summed E-state index contributed by atoms with van der Waals surface area (Å²) in [7, 11) is 0. The number of nitrogens with zero attached hydrogens (tertiary/aromatic N) is 5. The number of benzene rings is 1. The number of aliphatic carboxylic acids is 1. The first-order valence-electron chi connectivity index (χ1n) is 12.6. The number of fused-ring (bicyclic) bond motifs is 1. The van der Waals surface area contributed by atoms with Gasteiger partial charge in [-0.2, -0.15) is 0 Å². The van der Waals surface area contributed by atoms with Crippen LogP contribution in [0.15, 0.2) is 49.1 Å². The van der Waals surface area contributed by atoms with E-state index in [1.807, 2.05) is 36.1 Å². The van der Waals surface area contributed by atoms with Crippen molar-refractivity contribution in [3.05, 3.63) is 60.2 Å². The molecule has 1 fully saturated rings. The molecule has 3 aromatic heterocycles. The van der Waals surface area contributed by atoms with Gasteiger partial charge in [0.1, 0.15) is 0 Å². The van der Waals surface area contributed by atoms with Gasteiger partial charge < -0.3 is 15.3 Å². The summed E-state index contributed by atoms with van der Waals surface area (Å²) in [4.78, 5) is 43.6. The third-order valence-electron chi connectivity index (χ3n) is 6.69. The van der Waals surface area contributed by atoms with E-state index in [0.717, 1.165) is 27.0 Å². The van der Waals surface area contributed by atoms with Crippen LogP contribution in [0.1, 0.15) is 37.8 Å². The van der Waals surface area contributed by atoms with E-state index < -0.39 is 11.4 Å². The first-order valence-corrected chi connectivity index (χ1v) is 13.4. The maximum absolute atomic E-state index is 12.1. The molecular formula is C28H27N7O3S. The fourth-order valence-electron chi connectivity index (χ4n) is 4.27. The number of piperidine rings is 1. The second-order valence-corrected chi connectivity index (χ2v) is 10.5. The second-order valence-electron chi connectivity index (χ2n) is 9.49. The van der Waals surface area contributed by atoms with Crippen molar-refractivity contribution in [2.45, 2.75) is 26.7 Å². The zero-order valence-electron chi connectivity index (χ0n) is 21.6. The number of urea groups is 1. The number of hydrogen-bond acceptors (Lipinski definition) is 8. The van der Waals surface area contributed by atoms with Gasteiger partial charge in [0.05, 0.1) is 15.6 Å². The maximum Gasteiger partial charge on any atom is 0.321 e. The zero-order valence-corrected chi connectivity index (χ0v) is 22.4. The SMILES string of the molecule is CCNC(=O)Nc1nc2cc(-c3cnc(N4CCC(C)(C(=O)O)CC4)nc3)cc(C#Cc3cccnc3)c2s1. The molecule has 10 nitrogen and oxygen atoms in total. The summed E-state index contributed by atoms with van der Waals surface area (Å²) < 4.78 is 0.856. The standard InChI is InChI=1S/C28H27N7O3S/c1-3-30-26(38)34-27-33-22-14-20(13-19(23(22)39-27)7-6-18-5-4-10-29-15-18)21-16-31-25(32-17-21)35-11-8-28(2,9-12-35)24(36)37/h4-5,10,13-17H,3,8-9,11-12H2,1-2H3,(H,36,37)(H2,30,33,34,38). The Morgan fingerprint density at radius 3 is 2.56 bits per heavy atom. The average Bonchev–Trinajstić information content (AvgIpc) is 3.35. The maximum atomic E-state index is 12.1. The number of rotatable bonds is 5. The van der Waals surface area contributed by atoms with Crippen molar-refractivity contribution >= 4 is 44.6 Å². The van der Waals surface area contributed by atoms with Crippen LogP contribution >= 0.6 is 11.3 Å². The number of pyridine rings is 1. The summed E-state index contributed by atoms with van der Waals surface area (Å²) in [5, 5.41) is 15.5. The van der Waals surface area contributed by atoms with Crippen LogP contribution in [0.5, 0.6) is 0 Å². The van der Waals surface area contributed by atoms with Gasteiger partial charge in [-0.15, -0.1) is 0 Å². The van der Waals surface area contributed by atoms with Crippen molar-refractivity contribution in [1.82, 2.24) is 25.3 Å². The van der Waals surface area contributed by atoms with E-state index in [9.17, 15) is 14.7 Å². The molecule has 0 atom stereocenters. The van der Waals surface area contributed by atoms with Crippen molar-refractivity contribution in [3.63, 3.8) is 0 Å². The lowest BCUT2D eigenvalue weighted by Gasteiger charge is -2.36. The molecule has 0 spiro atoms. The normalized spacial score (nSPS) is 14.4. The Morgan fingerprint density at radius 1 is 1.13 bits per heavy atom. The highest BCUT2D eigenvalue weighted by molar-refractivity contribution is 7.22. The summed E-state index contributed by atoms with van der Waals surface area (Å²) in [5.41, 5.74) is 3.18. The van der Waals surface area contributed by atoms with Crippen molar-refractivity contribution in [3.8, 4) is 23.0 Å². The minimum Gasteiger partial charge on any atom is -0.481 e. The lowest BCUT2D eigenvalue weighted by molar-refractivity contribution is -0.149. The van der Waals surface area contributed by atoms with Crippen LogP contribution in [0.2, 0.25) is 0 Å². The Kier molecular flexibility index (Phi) is 7.38. The summed E-state index contributed by atoms with van der Waals surface area (Å²) in [6.45, 7) is 5.32. The molecule has 0 aliphatic carbocycles. The van der Waals surface area contributed by atoms with E-state index in [0.29, 0.717) is 49.1 Å². The number of carboxylic acid groups (broad SMARTS) is 1. The molecule has 1 aliphatic heterocycles. The Balaban J connectivity index is 1.45. The number of amides is 2. The van der Waals surface area contributed by atoms with E-state index in [1.165, 1.54) is 11.3 Å². The number of anilines is 2. The van der Waals surface area contributed by atoms with E-state index in [-0.39, 0.29) is 6.03 Å². The molecule has 4 heterocycles. The van der Waals surface area contributed by atoms with Crippen molar-refractivity contribution in [1.29, 1.82) is 0 Å². The third kappa shape index (κ3) is 5.81. The highest BCUT2D eigenvalue weighted by Crippen LogP contribution is 2.35. The van der Waals surface area contributed by atoms with E-state index in [2.05, 4.69) is 42.4 Å². The molecular weight excluding hydrogens is 514 g/mol. The molecule has 2 amide bonds. The number of aromatic nitrogens is 4. The number of nitrogens with one attached hydrogen (secondary N) is 2. The summed E-state index contributed by atoms with van der Waals surface area (Å²) >= 11 is 1.36. The molecule has 0 bridgehead atoms. The van der Waals surface area contributed by atoms with Gasteiger partial charge in [-0.1, -0.05) is 23.2 Å². The average molecular weight is 542 g/mol. The highest BCUT2D eigenvalue weighted by atomic mass is 32.1. The first kappa shape index (κ1) is 26.1. The molecule has 0 saturated carbocycles. The quantitative estimate of drug-likeness (QED) is 0.317. The van der Waals surface area contributed by atoms with Crippen molar-refractivity contribution in [2.24, 2.45) is 5.41 Å². The van der Waals surface area contributed by atoms with Gasteiger partial charge in [-0.25, -0.2) is 19.7 Å². The minimum absolute atomic E-state index is 0.315. The number of carbonyl (C=O) groups excluding carboxylic acids is 1. The fraction of sp³-hybridized carbons (Fsp3) is 0.286. The minimum atomic E-state index is -0.761. The van der Waals surface area contributed by atoms with Gasteiger partial charge in [0.25, 0.3) is 0 Å². The van der Waals surface area contributed by atoms with E-state index in [1.54, 1.807) is 31.7 Å². The molecule has 0 unspecified atom stereocenters. The second kappa shape index (κ2) is 11.0. The van der Waals surface area contributed by atoms with Crippen LogP contribution in [0.25, 0.3) is 21.3 Å². The Bertz CT molecular complexity index is 1570. The Morgan fingerprint density at radius 2 is 1.90 bits per heavy atom. The molecule has 1 aliphatic rings. The van der Waals surface area contributed by atoms with Crippen LogP contribution in [-0.4, -0.2) is 56.7 Å². The molecule has 1 saturated heterocycles. The fourth-order valence-corrected chi connectivity index (χ4v) is 5.18. The van der Waals surface area contributed by atoms with Crippen LogP contribution in [0.3, 0.4) is 0 Å². The summed E-state index contributed by atoms with van der Waals surface area (Å²) in [5.74, 6) is 6.21. The van der Waals surface area contributed by atoms with Gasteiger partial charge in [-0.3, -0.25) is 15.1 Å². The Labute approximate surface area is 229 Å². The van der Waals surface area contributed by atoms with E-state index >= 15 is 0 Å². The lowest BCUT2D eigenvalue weighted by Crippen LogP contribution is -2.43. The smallest absolute Gasteiger partial charge is 0.321 e. The van der Waals surface area contributed by atoms with Gasteiger partial charge in [0.2, 0.25) is 5.95 Å². The van der Waals surface area contributed by atoms with Gasteiger partial charge in [0, 0.05) is 61.1 Å². The largest absolute Gasteiger partial charge is 0.481 e. The number of carbonyl (C=O) groups is 2. The molecule has 5 rings (SSSR count). The summed E-state index contributed by atoms with van der Waals surface area (Å²) in [6, 6.07) is 7.31. The van der Waals surface area contributed by atoms with Crippen LogP contribution in [0.4, 0.5) is 15.9 Å². The predicted octanol–water partition coefficient (Wildman–Crippen LogP) is 4.38. The van der Waals surface area contributed by atoms with Crippen LogP contribution in [0, 0.1) is 17.3 Å². The van der Waals surface area contributed by atoms with Crippen LogP contribution in [-0.2, 0) is 4.79 Å². The van der Waals surface area contributed by atoms with Gasteiger partial charge in [0.15, 0.2) is 5.13 Å².